The molecule has 6 nitrogen and oxygen atoms in total. The topological polar surface area (TPSA) is 88.3 Å². The van der Waals surface area contributed by atoms with Gasteiger partial charge in [-0.05, 0) is 12.0 Å². The molecule has 2 N–H and O–H groups in total. The third-order valence-electron chi connectivity index (χ3n) is 2.24. The molecule has 1 amide bonds. The van der Waals surface area contributed by atoms with Crippen molar-refractivity contribution in [3.8, 4) is 0 Å². The van der Waals surface area contributed by atoms with E-state index < -0.39 is 9.05 Å². The van der Waals surface area contributed by atoms with E-state index in [1.165, 1.54) is 12.3 Å². The first-order chi connectivity index (χ1) is 8.34. The van der Waals surface area contributed by atoms with Gasteiger partial charge in [0.15, 0.2) is 0 Å². The Morgan fingerprint density at radius 1 is 1.61 bits per heavy atom. The van der Waals surface area contributed by atoms with E-state index in [4.69, 9.17) is 15.4 Å². The van der Waals surface area contributed by atoms with Gasteiger partial charge in [0.2, 0.25) is 0 Å². The largest absolute Gasteiger partial charge is 0.384 e. The SMILES string of the molecule is COCC(C)CNC(=O)c1cc(S(=O)(=O)Cl)c[nH]1. The van der Waals surface area contributed by atoms with Crippen molar-refractivity contribution in [3.63, 3.8) is 0 Å². The number of hydrogen-bond acceptors (Lipinski definition) is 4. The number of aromatic nitrogens is 1. The maximum Gasteiger partial charge on any atom is 0.267 e. The van der Waals surface area contributed by atoms with E-state index in [0.29, 0.717) is 13.2 Å². The van der Waals surface area contributed by atoms with Crippen LogP contribution >= 0.6 is 10.7 Å². The quantitative estimate of drug-likeness (QED) is 0.765. The summed E-state index contributed by atoms with van der Waals surface area (Å²) in [5, 5.41) is 2.66. The molecule has 0 saturated heterocycles. The predicted molar refractivity (Wildman–Crippen MR) is 67.2 cm³/mol. The molecule has 1 unspecified atom stereocenters. The summed E-state index contributed by atoms with van der Waals surface area (Å²) in [5.74, 6) is -0.213. The van der Waals surface area contributed by atoms with Crippen LogP contribution < -0.4 is 5.32 Å². The summed E-state index contributed by atoms with van der Waals surface area (Å²) in [6, 6.07) is 1.19. The molecule has 102 valence electrons. The number of hydrogen-bond donors (Lipinski definition) is 2. The molecule has 0 bridgehead atoms. The molecule has 0 spiro atoms. The van der Waals surface area contributed by atoms with Gasteiger partial charge < -0.3 is 15.0 Å². The van der Waals surface area contributed by atoms with Gasteiger partial charge in [-0.15, -0.1) is 0 Å². The van der Waals surface area contributed by atoms with Gasteiger partial charge in [0.05, 0.1) is 6.61 Å². The summed E-state index contributed by atoms with van der Waals surface area (Å²) in [4.78, 5) is 14.1. The Kier molecular flexibility index (Phi) is 5.18. The van der Waals surface area contributed by atoms with Gasteiger partial charge in [0.25, 0.3) is 15.0 Å². The number of rotatable bonds is 6. The zero-order valence-electron chi connectivity index (χ0n) is 10.1. The van der Waals surface area contributed by atoms with E-state index in [1.54, 1.807) is 7.11 Å². The molecule has 0 aliphatic carbocycles. The third kappa shape index (κ3) is 4.32. The molecule has 1 heterocycles. The highest BCUT2D eigenvalue weighted by molar-refractivity contribution is 8.13. The maximum atomic E-state index is 11.7. The molecular formula is C10H15ClN2O4S. The third-order valence-corrected chi connectivity index (χ3v) is 3.58. The first-order valence-corrected chi connectivity index (χ1v) is 7.55. The molecule has 0 aromatic carbocycles. The number of carbonyl (C=O) groups excluding carboxylic acids is 1. The van der Waals surface area contributed by atoms with Crippen LogP contribution in [0, 0.1) is 5.92 Å². The number of methoxy groups -OCH3 is 1. The fraction of sp³-hybridized carbons (Fsp3) is 0.500. The van der Waals surface area contributed by atoms with Gasteiger partial charge >= 0.3 is 0 Å². The van der Waals surface area contributed by atoms with Crippen LogP contribution in [0.2, 0.25) is 0 Å². The minimum atomic E-state index is -3.81. The van der Waals surface area contributed by atoms with Crippen LogP contribution in [0.5, 0.6) is 0 Å². The summed E-state index contributed by atoms with van der Waals surface area (Å²) >= 11 is 0. The number of halogens is 1. The second-order valence-corrected chi connectivity index (χ2v) is 6.52. The van der Waals surface area contributed by atoms with Gasteiger partial charge in [-0.3, -0.25) is 4.79 Å². The smallest absolute Gasteiger partial charge is 0.267 e. The second kappa shape index (κ2) is 6.21. The average Bonchev–Trinajstić information content (AvgIpc) is 2.75. The van der Waals surface area contributed by atoms with E-state index >= 15 is 0 Å². The van der Waals surface area contributed by atoms with E-state index in [2.05, 4.69) is 10.3 Å². The highest BCUT2D eigenvalue weighted by Crippen LogP contribution is 2.15. The Morgan fingerprint density at radius 3 is 2.78 bits per heavy atom. The van der Waals surface area contributed by atoms with Crippen LogP contribution in [-0.4, -0.2) is 39.6 Å². The van der Waals surface area contributed by atoms with Gasteiger partial charge in [-0.1, -0.05) is 6.92 Å². The van der Waals surface area contributed by atoms with Crippen molar-refractivity contribution in [3.05, 3.63) is 18.0 Å². The summed E-state index contributed by atoms with van der Waals surface area (Å²) in [6.07, 6.45) is 1.18. The molecule has 1 rings (SSSR count). The average molecular weight is 295 g/mol. The number of H-pyrrole nitrogens is 1. The Balaban J connectivity index is 2.60. The summed E-state index contributed by atoms with van der Waals surface area (Å²) in [6.45, 7) is 2.90. The van der Waals surface area contributed by atoms with Crippen LogP contribution in [0.4, 0.5) is 0 Å². The van der Waals surface area contributed by atoms with E-state index in [9.17, 15) is 13.2 Å². The van der Waals surface area contributed by atoms with E-state index in [-0.39, 0.29) is 22.4 Å². The van der Waals surface area contributed by atoms with E-state index in [1.807, 2.05) is 6.92 Å². The first kappa shape index (κ1) is 15.0. The van der Waals surface area contributed by atoms with Crippen molar-refractivity contribution in [1.29, 1.82) is 0 Å². The molecule has 1 atom stereocenters. The lowest BCUT2D eigenvalue weighted by Gasteiger charge is -2.10. The Hall–Kier alpha value is -1.05. The van der Waals surface area contributed by atoms with Crippen LogP contribution in [0.15, 0.2) is 17.2 Å². The van der Waals surface area contributed by atoms with Gasteiger partial charge in [-0.2, -0.15) is 0 Å². The van der Waals surface area contributed by atoms with Crippen LogP contribution in [0.1, 0.15) is 17.4 Å². The molecule has 0 aliphatic rings. The van der Waals surface area contributed by atoms with Crippen molar-refractivity contribution in [2.75, 3.05) is 20.3 Å². The van der Waals surface area contributed by atoms with Gasteiger partial charge in [0.1, 0.15) is 10.6 Å². The maximum absolute atomic E-state index is 11.7. The summed E-state index contributed by atoms with van der Waals surface area (Å²) in [5.41, 5.74) is 0.152. The Labute approximate surface area is 110 Å². The Bertz CT molecular complexity index is 512. The highest BCUT2D eigenvalue weighted by Gasteiger charge is 2.16. The summed E-state index contributed by atoms with van der Waals surface area (Å²) < 4.78 is 27.0. The van der Waals surface area contributed by atoms with Crippen LogP contribution in [-0.2, 0) is 13.8 Å². The molecular weight excluding hydrogens is 280 g/mol. The van der Waals surface area contributed by atoms with Gasteiger partial charge in [0, 0.05) is 30.5 Å². The summed E-state index contributed by atoms with van der Waals surface area (Å²) in [7, 11) is 2.92. The highest BCUT2D eigenvalue weighted by atomic mass is 35.7. The Morgan fingerprint density at radius 2 is 2.28 bits per heavy atom. The molecule has 0 fully saturated rings. The van der Waals surface area contributed by atoms with E-state index in [0.717, 1.165) is 0 Å². The number of carbonyl (C=O) groups is 1. The minimum Gasteiger partial charge on any atom is -0.384 e. The molecule has 0 radical (unpaired) electrons. The number of amides is 1. The number of ether oxygens (including phenoxy) is 1. The molecule has 1 aromatic heterocycles. The fourth-order valence-electron chi connectivity index (χ4n) is 1.35. The van der Waals surface area contributed by atoms with Crippen molar-refractivity contribution >= 4 is 25.6 Å². The normalized spacial score (nSPS) is 13.3. The lowest BCUT2D eigenvalue weighted by molar-refractivity contribution is 0.0929. The lowest BCUT2D eigenvalue weighted by Crippen LogP contribution is -2.30. The number of aromatic amines is 1. The van der Waals surface area contributed by atoms with Crippen LogP contribution in [0.25, 0.3) is 0 Å². The lowest BCUT2D eigenvalue weighted by atomic mass is 10.2. The van der Waals surface area contributed by atoms with Gasteiger partial charge in [-0.25, -0.2) is 8.42 Å². The zero-order valence-corrected chi connectivity index (χ0v) is 11.6. The molecule has 8 heteroatoms. The molecule has 18 heavy (non-hydrogen) atoms. The van der Waals surface area contributed by atoms with Crippen molar-refractivity contribution < 1.29 is 17.9 Å². The molecule has 1 aromatic rings. The molecule has 0 aliphatic heterocycles. The van der Waals surface area contributed by atoms with Crippen LogP contribution in [0.3, 0.4) is 0 Å². The van der Waals surface area contributed by atoms with Crippen molar-refractivity contribution in [2.45, 2.75) is 11.8 Å². The standard InChI is InChI=1S/C10H15ClN2O4S/c1-7(6-17-2)4-13-10(14)9-3-8(5-12-9)18(11,15)16/h3,5,7,12H,4,6H2,1-2H3,(H,13,14). The minimum absolute atomic E-state index is 0.126. The zero-order chi connectivity index (χ0) is 13.8. The first-order valence-electron chi connectivity index (χ1n) is 5.24. The second-order valence-electron chi connectivity index (χ2n) is 3.96. The van der Waals surface area contributed by atoms with Crippen molar-refractivity contribution in [2.24, 2.45) is 5.92 Å². The number of nitrogens with one attached hydrogen (secondary N) is 2. The van der Waals surface area contributed by atoms with Crippen molar-refractivity contribution in [1.82, 2.24) is 10.3 Å². The monoisotopic (exact) mass is 294 g/mol. The fourth-order valence-corrected chi connectivity index (χ4v) is 2.08. The molecule has 0 saturated carbocycles. The predicted octanol–water partition coefficient (Wildman–Crippen LogP) is 0.954.